The Morgan fingerprint density at radius 2 is 1.59 bits per heavy atom. The summed E-state index contributed by atoms with van der Waals surface area (Å²) in [4.78, 5) is 26.2. The molecule has 170 valence electrons. The predicted molar refractivity (Wildman–Crippen MR) is 123 cm³/mol. The van der Waals surface area contributed by atoms with Crippen LogP contribution in [0.15, 0.2) is 47.4 Å². The lowest BCUT2D eigenvalue weighted by Crippen LogP contribution is -2.50. The highest BCUT2D eigenvalue weighted by molar-refractivity contribution is 7.89. The van der Waals surface area contributed by atoms with Crippen molar-refractivity contribution in [2.24, 2.45) is 0 Å². The van der Waals surface area contributed by atoms with Crippen LogP contribution in [0.2, 0.25) is 10.0 Å². The average Bonchev–Trinajstić information content (AvgIpc) is 3.59. The third-order valence-corrected chi connectivity index (χ3v) is 8.23. The minimum Gasteiger partial charge on any atom is -0.336 e. The van der Waals surface area contributed by atoms with Crippen molar-refractivity contribution in [3.8, 4) is 0 Å². The number of anilines is 1. The summed E-state index contributed by atoms with van der Waals surface area (Å²) < 4.78 is 27.2. The molecule has 32 heavy (non-hydrogen) atoms. The molecule has 2 N–H and O–H groups in total. The van der Waals surface area contributed by atoms with Crippen molar-refractivity contribution >= 4 is 50.9 Å². The van der Waals surface area contributed by atoms with Gasteiger partial charge in [0, 0.05) is 43.5 Å². The van der Waals surface area contributed by atoms with Crippen molar-refractivity contribution in [2.75, 3.05) is 31.5 Å². The Hall–Kier alpha value is -2.33. The SMILES string of the molecule is O=C(Nc1ccc(C(=O)N2CCN(S(=O)(=O)c3cccc(Cl)c3Cl)CC2)cc1)NC1CC1. The Kier molecular flexibility index (Phi) is 6.62. The zero-order valence-electron chi connectivity index (χ0n) is 17.1. The number of carbonyl (C=O) groups excluding carboxylic acids is 2. The molecule has 0 unspecified atom stereocenters. The van der Waals surface area contributed by atoms with Crippen molar-refractivity contribution in [2.45, 2.75) is 23.8 Å². The molecule has 1 heterocycles. The lowest BCUT2D eigenvalue weighted by molar-refractivity contribution is 0.0698. The predicted octanol–water partition coefficient (Wildman–Crippen LogP) is 3.42. The Morgan fingerprint density at radius 1 is 0.938 bits per heavy atom. The summed E-state index contributed by atoms with van der Waals surface area (Å²) in [5, 5.41) is 5.73. The third kappa shape index (κ3) is 5.01. The molecule has 0 aromatic heterocycles. The molecule has 1 aliphatic heterocycles. The minimum absolute atomic E-state index is 0.00724. The number of rotatable bonds is 5. The molecular weight excluding hydrogens is 475 g/mol. The first-order chi connectivity index (χ1) is 15.3. The maximum atomic E-state index is 12.9. The fourth-order valence-electron chi connectivity index (χ4n) is 3.41. The highest BCUT2D eigenvalue weighted by Crippen LogP contribution is 2.31. The van der Waals surface area contributed by atoms with Crippen molar-refractivity contribution in [1.82, 2.24) is 14.5 Å². The molecule has 0 radical (unpaired) electrons. The van der Waals surface area contributed by atoms with Crippen molar-refractivity contribution in [3.05, 3.63) is 58.1 Å². The number of carbonyl (C=O) groups is 2. The van der Waals surface area contributed by atoms with Gasteiger partial charge < -0.3 is 15.5 Å². The largest absolute Gasteiger partial charge is 0.336 e. The average molecular weight is 497 g/mol. The van der Waals surface area contributed by atoms with E-state index in [1.807, 2.05) is 0 Å². The second-order valence-electron chi connectivity index (χ2n) is 7.70. The molecule has 2 aromatic rings. The maximum absolute atomic E-state index is 12.9. The molecular formula is C21H22Cl2N4O4S. The molecule has 0 bridgehead atoms. The van der Waals surface area contributed by atoms with Gasteiger partial charge in [-0.15, -0.1) is 0 Å². The Morgan fingerprint density at radius 3 is 2.22 bits per heavy atom. The fraction of sp³-hybridized carbons (Fsp3) is 0.333. The van der Waals surface area contributed by atoms with Gasteiger partial charge in [0.05, 0.1) is 10.0 Å². The summed E-state index contributed by atoms with van der Waals surface area (Å²) in [6.45, 7) is 0.801. The zero-order valence-corrected chi connectivity index (χ0v) is 19.4. The summed E-state index contributed by atoms with van der Waals surface area (Å²) >= 11 is 12.1. The van der Waals surface area contributed by atoms with Crippen LogP contribution in [0.3, 0.4) is 0 Å². The van der Waals surface area contributed by atoms with E-state index >= 15 is 0 Å². The molecule has 3 amide bonds. The van der Waals surface area contributed by atoms with Gasteiger partial charge in [-0.2, -0.15) is 4.31 Å². The summed E-state index contributed by atoms with van der Waals surface area (Å²) in [5.74, 6) is -0.197. The number of hydrogen-bond acceptors (Lipinski definition) is 4. The molecule has 2 fully saturated rings. The molecule has 8 nitrogen and oxygen atoms in total. The van der Waals surface area contributed by atoms with Gasteiger partial charge in [0.2, 0.25) is 10.0 Å². The Labute approximate surface area is 196 Å². The number of piperazine rings is 1. The minimum atomic E-state index is -3.82. The molecule has 1 saturated heterocycles. The van der Waals surface area contributed by atoms with Crippen molar-refractivity contribution in [3.63, 3.8) is 0 Å². The van der Waals surface area contributed by atoms with Crippen LogP contribution in [0.5, 0.6) is 0 Å². The fourth-order valence-corrected chi connectivity index (χ4v) is 5.57. The quantitative estimate of drug-likeness (QED) is 0.662. The number of amides is 3. The monoisotopic (exact) mass is 496 g/mol. The first-order valence-electron chi connectivity index (χ1n) is 10.2. The van der Waals surface area contributed by atoms with Crippen LogP contribution in [-0.2, 0) is 10.0 Å². The van der Waals surface area contributed by atoms with E-state index in [-0.39, 0.29) is 59.1 Å². The highest BCUT2D eigenvalue weighted by atomic mass is 35.5. The number of halogens is 2. The van der Waals surface area contributed by atoms with Crippen molar-refractivity contribution < 1.29 is 18.0 Å². The standard InChI is InChI=1S/C21H22Cl2N4O4S/c22-17-2-1-3-18(19(17)23)32(30,31)27-12-10-26(11-13-27)20(28)14-4-6-15(7-5-14)24-21(29)25-16-8-9-16/h1-7,16H,8-13H2,(H2,24,25,29). The number of urea groups is 1. The summed E-state index contributed by atoms with van der Waals surface area (Å²) in [6.07, 6.45) is 2.00. The maximum Gasteiger partial charge on any atom is 0.319 e. The van der Waals surface area contributed by atoms with Gasteiger partial charge in [-0.1, -0.05) is 29.3 Å². The molecule has 1 saturated carbocycles. The van der Waals surface area contributed by atoms with Gasteiger partial charge >= 0.3 is 6.03 Å². The van der Waals surface area contributed by atoms with E-state index in [0.29, 0.717) is 11.3 Å². The third-order valence-electron chi connectivity index (χ3n) is 5.36. The van der Waals surface area contributed by atoms with Gasteiger partial charge in [0.25, 0.3) is 5.91 Å². The second-order valence-corrected chi connectivity index (χ2v) is 10.4. The number of benzene rings is 2. The van der Waals surface area contributed by atoms with Gasteiger partial charge in [-0.3, -0.25) is 4.79 Å². The van der Waals surface area contributed by atoms with Crippen LogP contribution >= 0.6 is 23.2 Å². The lowest BCUT2D eigenvalue weighted by Gasteiger charge is -2.34. The van der Waals surface area contributed by atoms with Crippen molar-refractivity contribution in [1.29, 1.82) is 0 Å². The Balaban J connectivity index is 1.36. The van der Waals surface area contributed by atoms with Crippen LogP contribution in [0.1, 0.15) is 23.2 Å². The van der Waals surface area contributed by atoms with E-state index in [4.69, 9.17) is 23.2 Å². The van der Waals surface area contributed by atoms with Gasteiger partial charge in [0.15, 0.2) is 0 Å². The van der Waals surface area contributed by atoms with E-state index in [9.17, 15) is 18.0 Å². The van der Waals surface area contributed by atoms with Gasteiger partial charge in [0.1, 0.15) is 4.90 Å². The van der Waals surface area contributed by atoms with Gasteiger partial charge in [-0.05, 0) is 49.2 Å². The molecule has 2 aliphatic rings. The smallest absolute Gasteiger partial charge is 0.319 e. The van der Waals surface area contributed by atoms with Crippen LogP contribution in [0, 0.1) is 0 Å². The number of nitrogens with one attached hydrogen (secondary N) is 2. The molecule has 0 atom stereocenters. The molecule has 4 rings (SSSR count). The number of sulfonamides is 1. The first kappa shape index (κ1) is 22.8. The molecule has 1 aliphatic carbocycles. The van der Waals surface area contributed by atoms with E-state index in [2.05, 4.69) is 10.6 Å². The Bertz CT molecular complexity index is 1130. The summed E-state index contributed by atoms with van der Waals surface area (Å²) in [5.41, 5.74) is 1.06. The highest BCUT2D eigenvalue weighted by Gasteiger charge is 2.32. The molecule has 0 spiro atoms. The number of hydrogen-bond donors (Lipinski definition) is 2. The lowest BCUT2D eigenvalue weighted by atomic mass is 10.1. The molecule has 11 heteroatoms. The number of nitrogens with zero attached hydrogens (tertiary/aromatic N) is 2. The van der Waals surface area contributed by atoms with Crippen LogP contribution in [0.4, 0.5) is 10.5 Å². The van der Waals surface area contributed by atoms with Crippen LogP contribution in [0.25, 0.3) is 0 Å². The van der Waals surface area contributed by atoms with Gasteiger partial charge in [-0.25, -0.2) is 13.2 Å². The summed E-state index contributed by atoms with van der Waals surface area (Å²) in [7, 11) is -3.82. The topological polar surface area (TPSA) is 98.8 Å². The van der Waals surface area contributed by atoms with Crippen LogP contribution < -0.4 is 10.6 Å². The van der Waals surface area contributed by atoms with Crippen LogP contribution in [-0.4, -0.2) is 61.8 Å². The van der Waals surface area contributed by atoms with E-state index in [1.165, 1.54) is 22.5 Å². The molecule has 2 aromatic carbocycles. The van der Waals surface area contributed by atoms with E-state index in [0.717, 1.165) is 12.8 Å². The van der Waals surface area contributed by atoms with E-state index in [1.54, 1.807) is 29.2 Å². The second kappa shape index (κ2) is 9.27. The zero-order chi connectivity index (χ0) is 22.9. The normalized spacial score (nSPS) is 17.1. The van der Waals surface area contributed by atoms with E-state index < -0.39 is 10.0 Å². The first-order valence-corrected chi connectivity index (χ1v) is 12.4. The summed E-state index contributed by atoms with van der Waals surface area (Å²) in [6, 6.07) is 11.1.